The van der Waals surface area contributed by atoms with Crippen LogP contribution < -0.4 is 5.32 Å². The Bertz CT molecular complexity index is 1050. The van der Waals surface area contributed by atoms with Gasteiger partial charge in [0, 0.05) is 29.1 Å². The van der Waals surface area contributed by atoms with Gasteiger partial charge >= 0.3 is 6.03 Å². The number of anilines is 1. The molecule has 1 aromatic carbocycles. The Morgan fingerprint density at radius 3 is 2.79 bits per heavy atom. The summed E-state index contributed by atoms with van der Waals surface area (Å²) in [7, 11) is 0. The van der Waals surface area contributed by atoms with E-state index in [0.717, 1.165) is 35.4 Å². The van der Waals surface area contributed by atoms with Crippen molar-refractivity contribution < 1.29 is 13.6 Å². The highest BCUT2D eigenvalue weighted by molar-refractivity contribution is 5.90. The van der Waals surface area contributed by atoms with Crippen LogP contribution in [-0.4, -0.2) is 26.9 Å². The molecule has 1 saturated heterocycles. The van der Waals surface area contributed by atoms with Crippen LogP contribution in [0.25, 0.3) is 11.3 Å². The number of nitrogens with zero attached hydrogens (tertiary/aromatic N) is 3. The molecule has 2 aromatic heterocycles. The molecule has 0 aliphatic carbocycles. The lowest BCUT2D eigenvalue weighted by molar-refractivity contribution is 0.178. The number of nitrogens with one attached hydrogen (secondary N) is 1. The number of hydrogen-bond donors (Lipinski definition) is 1. The Kier molecular flexibility index (Phi) is 3.89. The Morgan fingerprint density at radius 1 is 1.21 bits per heavy atom. The quantitative estimate of drug-likeness (QED) is 0.668. The molecule has 28 heavy (non-hydrogen) atoms. The summed E-state index contributed by atoms with van der Waals surface area (Å²) >= 11 is 0. The van der Waals surface area contributed by atoms with Gasteiger partial charge < -0.3 is 14.6 Å². The van der Waals surface area contributed by atoms with Crippen molar-refractivity contribution in [2.75, 3.05) is 5.32 Å². The van der Waals surface area contributed by atoms with E-state index >= 15 is 0 Å². The summed E-state index contributed by atoms with van der Waals surface area (Å²) in [4.78, 5) is 22.7. The second-order valence-corrected chi connectivity index (χ2v) is 7.30. The molecule has 0 saturated carbocycles. The fourth-order valence-corrected chi connectivity index (χ4v) is 4.40. The minimum Gasteiger partial charge on any atom is -0.443 e. The highest BCUT2D eigenvalue weighted by Gasteiger charge is 2.43. The minimum absolute atomic E-state index is 0.00677. The second kappa shape index (κ2) is 6.44. The lowest BCUT2D eigenvalue weighted by Gasteiger charge is -2.36. The molecule has 3 aromatic rings. The van der Waals surface area contributed by atoms with Gasteiger partial charge in [0.1, 0.15) is 0 Å². The summed E-state index contributed by atoms with van der Waals surface area (Å²) < 4.78 is 19.5. The largest absolute Gasteiger partial charge is 0.443 e. The van der Waals surface area contributed by atoms with Gasteiger partial charge in [0.05, 0.1) is 11.7 Å². The molecular formula is C21H19FN4O2. The molecule has 2 aliphatic heterocycles. The number of aryl methyl sites for hydroxylation is 1. The number of pyridine rings is 1. The van der Waals surface area contributed by atoms with Crippen molar-refractivity contribution in [2.45, 2.75) is 38.3 Å². The fourth-order valence-electron chi connectivity index (χ4n) is 4.40. The maximum absolute atomic E-state index is 14.1. The first-order valence-electron chi connectivity index (χ1n) is 9.35. The lowest BCUT2D eigenvalue weighted by atomic mass is 9.95. The van der Waals surface area contributed by atoms with Crippen LogP contribution in [-0.2, 0) is 6.42 Å². The molecule has 1 N–H and O–H groups in total. The number of oxazole rings is 1. The smallest absolute Gasteiger partial charge is 0.322 e. The number of carbonyl (C=O) groups excluding carboxylic acids is 1. The van der Waals surface area contributed by atoms with Gasteiger partial charge in [-0.1, -0.05) is 0 Å². The predicted octanol–water partition coefficient (Wildman–Crippen LogP) is 4.48. The highest BCUT2D eigenvalue weighted by Crippen LogP contribution is 2.44. The Morgan fingerprint density at radius 2 is 2.04 bits per heavy atom. The molecular weight excluding hydrogens is 359 g/mol. The molecule has 142 valence electrons. The van der Waals surface area contributed by atoms with Crippen LogP contribution in [0.5, 0.6) is 0 Å². The van der Waals surface area contributed by atoms with E-state index in [1.165, 1.54) is 12.6 Å². The Balaban J connectivity index is 1.36. The molecule has 2 aliphatic rings. The summed E-state index contributed by atoms with van der Waals surface area (Å²) in [6.07, 6.45) is 5.13. The number of benzene rings is 1. The van der Waals surface area contributed by atoms with Gasteiger partial charge in [-0.05, 0) is 62.1 Å². The molecule has 0 radical (unpaired) electrons. The van der Waals surface area contributed by atoms with Crippen molar-refractivity contribution in [1.29, 1.82) is 0 Å². The fraction of sp³-hybridized carbons (Fsp3) is 0.286. The molecule has 2 bridgehead atoms. The average Bonchev–Trinajstić information content (AvgIpc) is 3.26. The Labute approximate surface area is 161 Å². The first kappa shape index (κ1) is 16.9. The van der Waals surface area contributed by atoms with Crippen LogP contribution in [0.3, 0.4) is 0 Å². The van der Waals surface area contributed by atoms with E-state index < -0.39 is 5.95 Å². The van der Waals surface area contributed by atoms with Gasteiger partial charge in [-0.3, -0.25) is 0 Å². The number of hydrogen-bond acceptors (Lipinski definition) is 4. The van der Waals surface area contributed by atoms with Gasteiger partial charge in [-0.25, -0.2) is 14.8 Å². The number of amides is 2. The highest BCUT2D eigenvalue weighted by atomic mass is 19.1. The minimum atomic E-state index is -0.409. The number of fused-ring (bicyclic) bond motifs is 4. The topological polar surface area (TPSA) is 71.3 Å². The van der Waals surface area contributed by atoms with E-state index in [4.69, 9.17) is 4.42 Å². The van der Waals surface area contributed by atoms with Crippen molar-refractivity contribution >= 4 is 11.7 Å². The third-order valence-electron chi connectivity index (χ3n) is 5.72. The van der Waals surface area contributed by atoms with Gasteiger partial charge in [0.15, 0.2) is 12.2 Å². The predicted molar refractivity (Wildman–Crippen MR) is 101 cm³/mol. The van der Waals surface area contributed by atoms with E-state index in [0.29, 0.717) is 17.7 Å². The van der Waals surface area contributed by atoms with Gasteiger partial charge in [0.25, 0.3) is 0 Å². The van der Waals surface area contributed by atoms with E-state index in [1.807, 2.05) is 42.2 Å². The summed E-state index contributed by atoms with van der Waals surface area (Å²) in [5.41, 5.74) is 3.97. The summed E-state index contributed by atoms with van der Waals surface area (Å²) in [6.45, 7) is 1.89. The van der Waals surface area contributed by atoms with Crippen LogP contribution in [0.1, 0.15) is 35.7 Å². The maximum Gasteiger partial charge on any atom is 0.322 e. The number of halogens is 1. The maximum atomic E-state index is 14.1. The second-order valence-electron chi connectivity index (χ2n) is 7.30. The molecule has 2 amide bonds. The summed E-state index contributed by atoms with van der Waals surface area (Å²) in [5, 5.41) is 2.98. The SMILES string of the molecule is Cc1ncoc1-c1ccc(NC(=O)N2[C@@H]3CC[C@H]2c2ccnc(F)c2C3)cc1. The first-order chi connectivity index (χ1) is 13.6. The molecule has 0 unspecified atom stereocenters. The zero-order valence-electron chi connectivity index (χ0n) is 15.4. The number of rotatable bonds is 2. The molecule has 2 atom stereocenters. The zero-order valence-corrected chi connectivity index (χ0v) is 15.4. The van der Waals surface area contributed by atoms with Crippen LogP contribution >= 0.6 is 0 Å². The third-order valence-corrected chi connectivity index (χ3v) is 5.72. The van der Waals surface area contributed by atoms with Crippen molar-refractivity contribution in [3.63, 3.8) is 0 Å². The van der Waals surface area contributed by atoms with Crippen LogP contribution in [0.15, 0.2) is 47.3 Å². The molecule has 7 heteroatoms. The Hall–Kier alpha value is -3.22. The van der Waals surface area contributed by atoms with E-state index in [-0.39, 0.29) is 18.1 Å². The van der Waals surface area contributed by atoms with E-state index in [9.17, 15) is 9.18 Å². The monoisotopic (exact) mass is 378 g/mol. The van der Waals surface area contributed by atoms with Crippen LogP contribution in [0.2, 0.25) is 0 Å². The van der Waals surface area contributed by atoms with E-state index in [1.54, 1.807) is 0 Å². The van der Waals surface area contributed by atoms with Crippen molar-refractivity contribution in [2.24, 2.45) is 0 Å². The summed E-state index contributed by atoms with van der Waals surface area (Å²) in [5.74, 6) is 0.312. The molecule has 6 nitrogen and oxygen atoms in total. The van der Waals surface area contributed by atoms with E-state index in [2.05, 4.69) is 15.3 Å². The van der Waals surface area contributed by atoms with Gasteiger partial charge in [-0.15, -0.1) is 0 Å². The molecule has 0 spiro atoms. The van der Waals surface area contributed by atoms with Crippen molar-refractivity contribution in [3.8, 4) is 11.3 Å². The van der Waals surface area contributed by atoms with Crippen molar-refractivity contribution in [3.05, 3.63) is 65.7 Å². The summed E-state index contributed by atoms with van der Waals surface area (Å²) in [6, 6.07) is 9.07. The zero-order chi connectivity index (χ0) is 19.3. The molecule has 4 heterocycles. The number of carbonyl (C=O) groups is 1. The van der Waals surface area contributed by atoms with Crippen LogP contribution in [0.4, 0.5) is 14.9 Å². The van der Waals surface area contributed by atoms with Gasteiger partial charge in [-0.2, -0.15) is 4.39 Å². The van der Waals surface area contributed by atoms with Gasteiger partial charge in [0.2, 0.25) is 5.95 Å². The van der Waals surface area contributed by atoms with Crippen LogP contribution in [0, 0.1) is 12.9 Å². The number of urea groups is 1. The van der Waals surface area contributed by atoms with Crippen molar-refractivity contribution in [1.82, 2.24) is 14.9 Å². The average molecular weight is 378 g/mol. The lowest BCUT2D eigenvalue weighted by Crippen LogP contribution is -2.44. The normalized spacial score (nSPS) is 20.1. The number of aromatic nitrogens is 2. The first-order valence-corrected chi connectivity index (χ1v) is 9.35. The molecule has 5 rings (SSSR count). The standard InChI is InChI=1S/C21H19FN4O2/c1-12-19(28-11-24-12)13-2-4-14(5-3-13)25-21(27)26-15-6-7-18(26)16-8-9-23-20(22)17(16)10-15/h2-5,8-9,11,15,18H,6-7,10H2,1H3,(H,25,27)/t15-,18+/m1/s1. The molecule has 1 fully saturated rings. The third kappa shape index (κ3) is 2.66.